The number of amides is 1. The highest BCUT2D eigenvalue weighted by Crippen LogP contribution is 2.29. The van der Waals surface area contributed by atoms with Gasteiger partial charge in [-0.2, -0.15) is 13.2 Å². The summed E-state index contributed by atoms with van der Waals surface area (Å²) in [5, 5.41) is 0. The van der Waals surface area contributed by atoms with E-state index in [2.05, 4.69) is 6.58 Å². The molecule has 0 saturated heterocycles. The minimum atomic E-state index is -4.36. The number of benzene rings is 1. The fourth-order valence-corrected chi connectivity index (χ4v) is 2.77. The van der Waals surface area contributed by atoms with Crippen molar-refractivity contribution in [2.75, 3.05) is 6.54 Å². The number of aromatic nitrogens is 1. The molecular formula is C20H23F3N2O. The zero-order valence-electron chi connectivity index (χ0n) is 14.8. The van der Waals surface area contributed by atoms with Crippen molar-refractivity contribution in [3.8, 4) is 0 Å². The van der Waals surface area contributed by atoms with E-state index >= 15 is 0 Å². The van der Waals surface area contributed by atoms with Crippen molar-refractivity contribution < 1.29 is 18.0 Å². The number of carbonyl (C=O) groups is 1. The predicted octanol–water partition coefficient (Wildman–Crippen LogP) is 4.87. The molecule has 0 aliphatic rings. The second-order valence-electron chi connectivity index (χ2n) is 6.14. The van der Waals surface area contributed by atoms with Crippen LogP contribution in [0.5, 0.6) is 0 Å². The molecule has 0 spiro atoms. The minimum Gasteiger partial charge on any atom is -0.345 e. The summed E-state index contributed by atoms with van der Waals surface area (Å²) in [5.74, 6) is 0.0409. The number of nitrogens with zero attached hydrogens (tertiary/aromatic N) is 2. The van der Waals surface area contributed by atoms with Crippen LogP contribution in [-0.4, -0.2) is 21.9 Å². The number of alkyl halides is 3. The van der Waals surface area contributed by atoms with Crippen molar-refractivity contribution in [2.45, 2.75) is 39.0 Å². The molecule has 1 aromatic carbocycles. The van der Waals surface area contributed by atoms with E-state index in [1.165, 1.54) is 6.07 Å². The van der Waals surface area contributed by atoms with Gasteiger partial charge in [-0.3, -0.25) is 4.79 Å². The average molecular weight is 364 g/mol. The van der Waals surface area contributed by atoms with E-state index in [1.54, 1.807) is 17.0 Å². The molecule has 0 aliphatic carbocycles. The topological polar surface area (TPSA) is 25.2 Å². The van der Waals surface area contributed by atoms with Crippen molar-refractivity contribution in [3.63, 3.8) is 0 Å². The van der Waals surface area contributed by atoms with Gasteiger partial charge in [-0.05, 0) is 36.2 Å². The third-order valence-corrected chi connectivity index (χ3v) is 4.05. The lowest BCUT2D eigenvalue weighted by Crippen LogP contribution is -2.31. The highest BCUT2D eigenvalue weighted by atomic mass is 19.4. The summed E-state index contributed by atoms with van der Waals surface area (Å²) in [6.45, 7) is 6.79. The van der Waals surface area contributed by atoms with Crippen LogP contribution in [0.4, 0.5) is 13.2 Å². The van der Waals surface area contributed by atoms with E-state index in [1.807, 2.05) is 29.8 Å². The van der Waals surface area contributed by atoms with Crippen molar-refractivity contribution in [2.24, 2.45) is 0 Å². The molecule has 0 N–H and O–H groups in total. The van der Waals surface area contributed by atoms with Gasteiger partial charge in [0.15, 0.2) is 0 Å². The third-order valence-electron chi connectivity index (χ3n) is 4.05. The van der Waals surface area contributed by atoms with Crippen molar-refractivity contribution in [1.29, 1.82) is 0 Å². The van der Waals surface area contributed by atoms with Gasteiger partial charge in [-0.25, -0.2) is 0 Å². The molecule has 3 nitrogen and oxygen atoms in total. The maximum Gasteiger partial charge on any atom is 0.416 e. The summed E-state index contributed by atoms with van der Waals surface area (Å²) in [4.78, 5) is 13.9. The molecule has 0 saturated carbocycles. The molecule has 2 aromatic rings. The van der Waals surface area contributed by atoms with E-state index in [-0.39, 0.29) is 5.91 Å². The lowest BCUT2D eigenvalue weighted by atomic mass is 10.1. The lowest BCUT2D eigenvalue weighted by molar-refractivity contribution is -0.137. The molecule has 0 aliphatic heterocycles. The summed E-state index contributed by atoms with van der Waals surface area (Å²) >= 11 is 0. The largest absolute Gasteiger partial charge is 0.416 e. The van der Waals surface area contributed by atoms with Crippen LogP contribution in [0.3, 0.4) is 0 Å². The first-order valence-corrected chi connectivity index (χ1v) is 8.54. The number of halogens is 3. The van der Waals surface area contributed by atoms with E-state index < -0.39 is 11.7 Å². The van der Waals surface area contributed by atoms with Gasteiger partial charge in [0.25, 0.3) is 0 Å². The molecule has 2 rings (SSSR count). The van der Waals surface area contributed by atoms with Crippen LogP contribution in [0.15, 0.2) is 55.3 Å². The van der Waals surface area contributed by atoms with Crippen molar-refractivity contribution in [1.82, 2.24) is 9.47 Å². The Morgan fingerprint density at radius 1 is 1.27 bits per heavy atom. The van der Waals surface area contributed by atoms with Gasteiger partial charge in [0.2, 0.25) is 5.91 Å². The molecule has 26 heavy (non-hydrogen) atoms. The number of rotatable bonds is 8. The maximum atomic E-state index is 12.9. The van der Waals surface area contributed by atoms with Crippen LogP contribution >= 0.6 is 0 Å². The summed E-state index contributed by atoms with van der Waals surface area (Å²) < 4.78 is 40.5. The number of hydrogen-bond acceptors (Lipinski definition) is 1. The van der Waals surface area contributed by atoms with Gasteiger partial charge < -0.3 is 9.47 Å². The third kappa shape index (κ3) is 5.25. The molecule has 6 heteroatoms. The first-order chi connectivity index (χ1) is 12.3. The summed E-state index contributed by atoms with van der Waals surface area (Å²) in [6, 6.07) is 9.02. The van der Waals surface area contributed by atoms with Gasteiger partial charge in [0.1, 0.15) is 0 Å². The molecule has 1 heterocycles. The monoisotopic (exact) mass is 364 g/mol. The normalized spacial score (nSPS) is 11.4. The van der Waals surface area contributed by atoms with E-state index in [0.717, 1.165) is 24.2 Å². The van der Waals surface area contributed by atoms with Crippen LogP contribution in [0.1, 0.15) is 36.6 Å². The molecule has 0 atom stereocenters. The number of carbonyl (C=O) groups excluding carboxylic acids is 1. The predicted molar refractivity (Wildman–Crippen MR) is 95.5 cm³/mol. The summed E-state index contributed by atoms with van der Waals surface area (Å²) in [6.07, 6.45) is 0.350. The lowest BCUT2D eigenvalue weighted by Gasteiger charge is -2.22. The standard InChI is InChI=1S/C20H23F3N2O/c1-3-7-19(26)25(11-4-2)15-18-10-6-12-24(18)14-16-8-5-9-17(13-16)20(21,22)23/h4-6,8-10,12-13H,2-3,7,11,14-15H2,1H3. The Morgan fingerprint density at radius 2 is 2.04 bits per heavy atom. The highest BCUT2D eigenvalue weighted by Gasteiger charge is 2.30. The Morgan fingerprint density at radius 3 is 2.69 bits per heavy atom. The molecule has 0 unspecified atom stereocenters. The summed E-state index contributed by atoms with van der Waals surface area (Å²) in [5.41, 5.74) is 0.774. The van der Waals surface area contributed by atoms with Crippen LogP contribution in [-0.2, 0) is 24.1 Å². The highest BCUT2D eigenvalue weighted by molar-refractivity contribution is 5.76. The zero-order chi connectivity index (χ0) is 19.2. The average Bonchev–Trinajstić information content (AvgIpc) is 3.01. The Kier molecular flexibility index (Phi) is 6.66. The van der Waals surface area contributed by atoms with Gasteiger partial charge in [-0.1, -0.05) is 25.1 Å². The van der Waals surface area contributed by atoms with E-state index in [0.29, 0.717) is 31.6 Å². The molecule has 1 aromatic heterocycles. The Balaban J connectivity index is 2.17. The second-order valence-corrected chi connectivity index (χ2v) is 6.14. The first kappa shape index (κ1) is 19.8. The Bertz CT molecular complexity index is 750. The second kappa shape index (κ2) is 8.74. The Labute approximate surface area is 151 Å². The minimum absolute atomic E-state index is 0.0409. The van der Waals surface area contributed by atoms with E-state index in [4.69, 9.17) is 0 Å². The van der Waals surface area contributed by atoms with Gasteiger partial charge >= 0.3 is 6.18 Å². The van der Waals surface area contributed by atoms with Crippen LogP contribution in [0.25, 0.3) is 0 Å². The smallest absolute Gasteiger partial charge is 0.345 e. The van der Waals surface area contributed by atoms with Crippen LogP contribution < -0.4 is 0 Å². The fourth-order valence-electron chi connectivity index (χ4n) is 2.77. The molecule has 0 radical (unpaired) electrons. The molecule has 140 valence electrons. The number of hydrogen-bond donors (Lipinski definition) is 0. The van der Waals surface area contributed by atoms with Crippen LogP contribution in [0.2, 0.25) is 0 Å². The first-order valence-electron chi connectivity index (χ1n) is 8.54. The van der Waals surface area contributed by atoms with Gasteiger partial charge in [0, 0.05) is 31.4 Å². The summed E-state index contributed by atoms with van der Waals surface area (Å²) in [7, 11) is 0. The van der Waals surface area contributed by atoms with Gasteiger partial charge in [-0.15, -0.1) is 6.58 Å². The van der Waals surface area contributed by atoms with Gasteiger partial charge in [0.05, 0.1) is 12.1 Å². The maximum absolute atomic E-state index is 12.9. The molecule has 1 amide bonds. The Hall–Kier alpha value is -2.50. The zero-order valence-corrected chi connectivity index (χ0v) is 14.8. The molecule has 0 bridgehead atoms. The van der Waals surface area contributed by atoms with Crippen molar-refractivity contribution in [3.05, 3.63) is 72.1 Å². The molecular weight excluding hydrogens is 341 g/mol. The van der Waals surface area contributed by atoms with Crippen LogP contribution in [0, 0.1) is 0 Å². The van der Waals surface area contributed by atoms with Crippen molar-refractivity contribution >= 4 is 5.91 Å². The fraction of sp³-hybridized carbons (Fsp3) is 0.350. The molecule has 0 fully saturated rings. The van der Waals surface area contributed by atoms with E-state index in [9.17, 15) is 18.0 Å². The SMILES string of the molecule is C=CCN(Cc1cccn1Cc1cccc(C(F)(F)F)c1)C(=O)CCC. The quantitative estimate of drug-likeness (QED) is 0.614.